The average Bonchev–Trinajstić information content (AvgIpc) is 2.42. The number of carbonyl (C=O) groups excluding carboxylic acids is 1. The van der Waals surface area contributed by atoms with Crippen LogP contribution >= 0.6 is 11.6 Å². The first kappa shape index (κ1) is 15.1. The Morgan fingerprint density at radius 3 is 2.57 bits per heavy atom. The molecular formula is C15H15ClFN3O. The number of halogens is 2. The first-order chi connectivity index (χ1) is 9.88. The molecule has 0 bridgehead atoms. The van der Waals surface area contributed by atoms with Gasteiger partial charge in [-0.15, -0.1) is 0 Å². The van der Waals surface area contributed by atoms with E-state index in [4.69, 9.17) is 17.3 Å². The lowest BCUT2D eigenvalue weighted by Gasteiger charge is -2.16. The van der Waals surface area contributed by atoms with E-state index in [1.165, 1.54) is 18.2 Å². The van der Waals surface area contributed by atoms with E-state index in [0.717, 1.165) is 5.69 Å². The van der Waals surface area contributed by atoms with Crippen molar-refractivity contribution in [1.29, 1.82) is 0 Å². The summed E-state index contributed by atoms with van der Waals surface area (Å²) in [6, 6.07) is 8.87. The number of nitrogens with two attached hydrogens (primary N) is 1. The molecule has 0 fully saturated rings. The number of anilines is 3. The van der Waals surface area contributed by atoms with Gasteiger partial charge in [-0.1, -0.05) is 11.6 Å². The quantitative estimate of drug-likeness (QED) is 0.855. The molecule has 0 unspecified atom stereocenters. The van der Waals surface area contributed by atoms with Crippen molar-refractivity contribution in [2.45, 2.75) is 0 Å². The van der Waals surface area contributed by atoms with E-state index in [1.807, 2.05) is 19.0 Å². The van der Waals surface area contributed by atoms with Crippen LogP contribution in [-0.4, -0.2) is 20.0 Å². The van der Waals surface area contributed by atoms with Crippen LogP contribution in [0.1, 0.15) is 10.4 Å². The molecule has 0 aliphatic rings. The number of hydrogen-bond donors (Lipinski definition) is 2. The largest absolute Gasteiger partial charge is 0.397 e. The van der Waals surface area contributed by atoms with Crippen molar-refractivity contribution in [1.82, 2.24) is 0 Å². The lowest BCUT2D eigenvalue weighted by atomic mass is 10.1. The SMILES string of the molecule is CN(C)c1ccc(C(=O)Nc2cc(Cl)ccc2F)cc1N. The Kier molecular flexibility index (Phi) is 4.33. The second-order valence-electron chi connectivity index (χ2n) is 4.75. The van der Waals surface area contributed by atoms with Crippen molar-refractivity contribution in [2.24, 2.45) is 0 Å². The zero-order valence-corrected chi connectivity index (χ0v) is 12.4. The molecule has 0 atom stereocenters. The molecule has 21 heavy (non-hydrogen) atoms. The summed E-state index contributed by atoms with van der Waals surface area (Å²) in [5.41, 5.74) is 7.54. The third-order valence-electron chi connectivity index (χ3n) is 2.95. The highest BCUT2D eigenvalue weighted by Gasteiger charge is 2.12. The molecule has 0 heterocycles. The maximum absolute atomic E-state index is 13.6. The number of rotatable bonds is 3. The van der Waals surface area contributed by atoms with Crippen LogP contribution in [-0.2, 0) is 0 Å². The van der Waals surface area contributed by atoms with Crippen LogP contribution < -0.4 is 16.0 Å². The van der Waals surface area contributed by atoms with Gasteiger partial charge in [0.05, 0.1) is 17.1 Å². The molecule has 2 aromatic carbocycles. The van der Waals surface area contributed by atoms with Crippen molar-refractivity contribution in [3.63, 3.8) is 0 Å². The highest BCUT2D eigenvalue weighted by atomic mass is 35.5. The van der Waals surface area contributed by atoms with Crippen LogP contribution in [0.5, 0.6) is 0 Å². The highest BCUT2D eigenvalue weighted by molar-refractivity contribution is 6.31. The van der Waals surface area contributed by atoms with E-state index >= 15 is 0 Å². The summed E-state index contributed by atoms with van der Waals surface area (Å²) in [5, 5.41) is 2.82. The average molecular weight is 308 g/mol. The van der Waals surface area contributed by atoms with Crippen molar-refractivity contribution in [3.05, 3.63) is 52.8 Å². The maximum atomic E-state index is 13.6. The molecule has 0 radical (unpaired) electrons. The third-order valence-corrected chi connectivity index (χ3v) is 3.18. The molecule has 0 aliphatic carbocycles. The van der Waals surface area contributed by atoms with Crippen LogP contribution in [0.3, 0.4) is 0 Å². The molecule has 0 aliphatic heterocycles. The number of hydrogen-bond acceptors (Lipinski definition) is 3. The van der Waals surface area contributed by atoms with E-state index in [0.29, 0.717) is 16.3 Å². The molecule has 0 saturated heterocycles. The third kappa shape index (κ3) is 3.44. The number of carbonyl (C=O) groups is 1. The van der Waals surface area contributed by atoms with E-state index < -0.39 is 11.7 Å². The second kappa shape index (κ2) is 6.01. The minimum Gasteiger partial charge on any atom is -0.397 e. The number of nitrogens with one attached hydrogen (secondary N) is 1. The normalized spacial score (nSPS) is 10.3. The molecule has 0 spiro atoms. The van der Waals surface area contributed by atoms with Crippen molar-refractivity contribution >= 4 is 34.6 Å². The summed E-state index contributed by atoms with van der Waals surface area (Å²) >= 11 is 5.78. The van der Waals surface area contributed by atoms with Gasteiger partial charge in [0.2, 0.25) is 0 Å². The Balaban J connectivity index is 2.24. The summed E-state index contributed by atoms with van der Waals surface area (Å²) in [5.74, 6) is -1.00. The number of amides is 1. The summed E-state index contributed by atoms with van der Waals surface area (Å²) in [4.78, 5) is 14.0. The van der Waals surface area contributed by atoms with E-state index in [9.17, 15) is 9.18 Å². The van der Waals surface area contributed by atoms with Crippen LogP contribution in [0.4, 0.5) is 21.5 Å². The van der Waals surface area contributed by atoms with Crippen molar-refractivity contribution < 1.29 is 9.18 Å². The summed E-state index contributed by atoms with van der Waals surface area (Å²) in [6.07, 6.45) is 0. The Labute approximate surface area is 127 Å². The van der Waals surface area contributed by atoms with E-state index in [1.54, 1.807) is 18.2 Å². The predicted octanol–water partition coefficient (Wildman–Crippen LogP) is 3.38. The van der Waals surface area contributed by atoms with Crippen LogP contribution in [0.15, 0.2) is 36.4 Å². The molecule has 2 aromatic rings. The lowest BCUT2D eigenvalue weighted by molar-refractivity contribution is 0.102. The second-order valence-corrected chi connectivity index (χ2v) is 5.18. The van der Waals surface area contributed by atoms with E-state index in [-0.39, 0.29) is 5.69 Å². The standard InChI is InChI=1S/C15H15ClFN3O/c1-20(2)14-6-3-9(7-12(14)18)15(21)19-13-8-10(16)4-5-11(13)17/h3-8H,18H2,1-2H3,(H,19,21). The molecule has 2 rings (SSSR count). The fourth-order valence-corrected chi connectivity index (χ4v) is 2.06. The molecule has 0 aromatic heterocycles. The maximum Gasteiger partial charge on any atom is 0.255 e. The first-order valence-corrected chi connectivity index (χ1v) is 6.59. The molecule has 4 nitrogen and oxygen atoms in total. The number of nitrogen functional groups attached to an aromatic ring is 1. The van der Waals surface area contributed by atoms with Crippen LogP contribution in [0, 0.1) is 5.82 Å². The smallest absolute Gasteiger partial charge is 0.255 e. The Morgan fingerprint density at radius 2 is 1.95 bits per heavy atom. The highest BCUT2D eigenvalue weighted by Crippen LogP contribution is 2.24. The Bertz CT molecular complexity index is 689. The van der Waals surface area contributed by atoms with Gasteiger partial charge in [-0.2, -0.15) is 0 Å². The monoisotopic (exact) mass is 307 g/mol. The Morgan fingerprint density at radius 1 is 1.24 bits per heavy atom. The van der Waals surface area contributed by atoms with Gasteiger partial charge >= 0.3 is 0 Å². The topological polar surface area (TPSA) is 58.4 Å². The van der Waals surface area contributed by atoms with E-state index in [2.05, 4.69) is 5.32 Å². The molecule has 6 heteroatoms. The summed E-state index contributed by atoms with van der Waals surface area (Å²) in [7, 11) is 3.71. The van der Waals surface area contributed by atoms with Gasteiger partial charge in [-0.3, -0.25) is 4.79 Å². The van der Waals surface area contributed by atoms with Gasteiger partial charge in [0, 0.05) is 24.7 Å². The number of nitrogens with zero attached hydrogens (tertiary/aromatic N) is 1. The zero-order chi connectivity index (χ0) is 15.6. The Hall–Kier alpha value is -2.27. The molecule has 0 saturated carbocycles. The zero-order valence-electron chi connectivity index (χ0n) is 11.7. The molecule has 1 amide bonds. The predicted molar refractivity (Wildman–Crippen MR) is 84.5 cm³/mol. The minimum atomic E-state index is -0.550. The fourth-order valence-electron chi connectivity index (χ4n) is 1.89. The molecular weight excluding hydrogens is 293 g/mol. The van der Waals surface area contributed by atoms with Gasteiger partial charge in [-0.05, 0) is 36.4 Å². The van der Waals surface area contributed by atoms with Gasteiger partial charge in [0.25, 0.3) is 5.91 Å². The molecule has 110 valence electrons. The number of benzene rings is 2. The lowest BCUT2D eigenvalue weighted by Crippen LogP contribution is -2.15. The van der Waals surface area contributed by atoms with Crippen molar-refractivity contribution in [3.8, 4) is 0 Å². The first-order valence-electron chi connectivity index (χ1n) is 6.21. The summed E-state index contributed by atoms with van der Waals surface area (Å²) in [6.45, 7) is 0. The van der Waals surface area contributed by atoms with Gasteiger partial charge < -0.3 is 16.0 Å². The van der Waals surface area contributed by atoms with Gasteiger partial charge in [-0.25, -0.2) is 4.39 Å². The van der Waals surface area contributed by atoms with Gasteiger partial charge in [0.15, 0.2) is 0 Å². The fraction of sp³-hybridized carbons (Fsp3) is 0.133. The van der Waals surface area contributed by atoms with Crippen molar-refractivity contribution in [2.75, 3.05) is 30.0 Å². The van der Waals surface area contributed by atoms with Gasteiger partial charge in [0.1, 0.15) is 5.82 Å². The van der Waals surface area contributed by atoms with Crippen LogP contribution in [0.2, 0.25) is 5.02 Å². The van der Waals surface area contributed by atoms with Crippen LogP contribution in [0.25, 0.3) is 0 Å². The minimum absolute atomic E-state index is 0.0303. The summed E-state index contributed by atoms with van der Waals surface area (Å²) < 4.78 is 13.6. The molecule has 3 N–H and O–H groups in total.